The number of aliphatic carboxylic acids is 1. The molecule has 2 rings (SSSR count). The molecule has 0 saturated carbocycles. The molecule has 0 aliphatic rings. The molecule has 0 aliphatic carbocycles. The van der Waals surface area contributed by atoms with Crippen molar-refractivity contribution in [3.8, 4) is 5.69 Å². The van der Waals surface area contributed by atoms with Gasteiger partial charge < -0.3 is 5.11 Å². The van der Waals surface area contributed by atoms with Crippen LogP contribution in [0.4, 0.5) is 0 Å². The van der Waals surface area contributed by atoms with E-state index in [1.165, 1.54) is 0 Å². The lowest BCUT2D eigenvalue weighted by molar-refractivity contribution is -0.138. The average Bonchev–Trinajstić information content (AvgIpc) is 2.80. The van der Waals surface area contributed by atoms with Crippen molar-refractivity contribution in [2.45, 2.75) is 26.8 Å². The zero-order chi connectivity index (χ0) is 16.1. The van der Waals surface area contributed by atoms with Gasteiger partial charge in [0.15, 0.2) is 0 Å². The van der Waals surface area contributed by atoms with E-state index in [9.17, 15) is 4.79 Å². The van der Waals surface area contributed by atoms with E-state index in [0.29, 0.717) is 6.54 Å². The van der Waals surface area contributed by atoms with Crippen LogP contribution < -0.4 is 0 Å². The number of aryl methyl sites for hydroxylation is 1. The molecular weight excluding hydrogens is 346 g/mol. The number of carbonyl (C=O) groups is 1. The molecule has 0 spiro atoms. The van der Waals surface area contributed by atoms with Crippen molar-refractivity contribution in [2.24, 2.45) is 0 Å². The highest BCUT2D eigenvalue weighted by Gasteiger charge is 2.13. The van der Waals surface area contributed by atoms with Gasteiger partial charge in [-0.05, 0) is 44.2 Å². The Morgan fingerprint density at radius 1 is 1.36 bits per heavy atom. The van der Waals surface area contributed by atoms with Crippen LogP contribution >= 0.6 is 15.9 Å². The lowest BCUT2D eigenvalue weighted by Gasteiger charge is -2.18. The first-order valence-electron chi connectivity index (χ1n) is 7.25. The van der Waals surface area contributed by atoms with Crippen LogP contribution in [0, 0.1) is 6.92 Å². The van der Waals surface area contributed by atoms with E-state index in [4.69, 9.17) is 5.11 Å². The van der Waals surface area contributed by atoms with Crippen molar-refractivity contribution in [3.05, 3.63) is 46.2 Å². The van der Waals surface area contributed by atoms with Crippen molar-refractivity contribution in [1.29, 1.82) is 0 Å². The Hall–Kier alpha value is -1.66. The first-order valence-corrected chi connectivity index (χ1v) is 8.04. The quantitative estimate of drug-likeness (QED) is 0.817. The molecule has 0 atom stereocenters. The minimum absolute atomic E-state index is 0.0523. The Kier molecular flexibility index (Phi) is 5.74. The second kappa shape index (κ2) is 7.56. The minimum atomic E-state index is -0.800. The molecule has 2 aromatic rings. The van der Waals surface area contributed by atoms with Crippen LogP contribution in [-0.2, 0) is 11.3 Å². The van der Waals surface area contributed by atoms with Gasteiger partial charge in [0.2, 0.25) is 0 Å². The fourth-order valence-electron chi connectivity index (χ4n) is 2.34. The molecule has 0 radical (unpaired) electrons. The molecule has 0 aliphatic heterocycles. The Morgan fingerprint density at radius 3 is 2.64 bits per heavy atom. The topological polar surface area (TPSA) is 58.4 Å². The summed E-state index contributed by atoms with van der Waals surface area (Å²) in [4.78, 5) is 12.9. The number of carboxylic acid groups (broad SMARTS) is 1. The average molecular weight is 366 g/mol. The summed E-state index contributed by atoms with van der Waals surface area (Å²) in [5, 5.41) is 13.5. The summed E-state index contributed by atoms with van der Waals surface area (Å²) >= 11 is 3.42. The van der Waals surface area contributed by atoms with Gasteiger partial charge in [0, 0.05) is 22.8 Å². The maximum absolute atomic E-state index is 11.0. The maximum atomic E-state index is 11.0. The normalized spacial score (nSPS) is 11.1. The number of aromatic nitrogens is 2. The Bertz CT molecular complexity index is 637. The predicted octanol–water partition coefficient (Wildman–Crippen LogP) is 3.24. The Labute approximate surface area is 138 Å². The van der Waals surface area contributed by atoms with E-state index in [0.717, 1.165) is 34.4 Å². The van der Waals surface area contributed by atoms with Crippen molar-refractivity contribution in [3.63, 3.8) is 0 Å². The molecule has 0 bridgehead atoms. The number of hydrogen-bond donors (Lipinski definition) is 1. The van der Waals surface area contributed by atoms with E-state index >= 15 is 0 Å². The molecule has 5 nitrogen and oxygen atoms in total. The first-order chi connectivity index (χ1) is 10.5. The molecule has 118 valence electrons. The highest BCUT2D eigenvalue weighted by atomic mass is 79.9. The highest BCUT2D eigenvalue weighted by molar-refractivity contribution is 9.10. The van der Waals surface area contributed by atoms with Crippen LogP contribution in [0.5, 0.6) is 0 Å². The number of carboxylic acids is 1. The SMILES string of the molecule is CCCN(CC(=O)O)Cc1cn(-c2ccc(Br)cc2)nc1C. The van der Waals surface area contributed by atoms with Gasteiger partial charge in [-0.25, -0.2) is 4.68 Å². The third kappa shape index (κ3) is 4.42. The largest absolute Gasteiger partial charge is 0.480 e. The summed E-state index contributed by atoms with van der Waals surface area (Å²) in [5.74, 6) is -0.800. The minimum Gasteiger partial charge on any atom is -0.480 e. The van der Waals surface area contributed by atoms with Crippen molar-refractivity contribution in [1.82, 2.24) is 14.7 Å². The van der Waals surface area contributed by atoms with Crippen LogP contribution in [0.3, 0.4) is 0 Å². The number of nitrogens with zero attached hydrogens (tertiary/aromatic N) is 3. The van der Waals surface area contributed by atoms with Gasteiger partial charge >= 0.3 is 5.97 Å². The summed E-state index contributed by atoms with van der Waals surface area (Å²) < 4.78 is 2.86. The van der Waals surface area contributed by atoms with Gasteiger partial charge in [0.05, 0.1) is 17.9 Å². The molecule has 1 aromatic carbocycles. The summed E-state index contributed by atoms with van der Waals surface area (Å²) in [7, 11) is 0. The Balaban J connectivity index is 2.18. The second-order valence-electron chi connectivity index (χ2n) is 5.27. The Morgan fingerprint density at radius 2 is 2.05 bits per heavy atom. The fraction of sp³-hybridized carbons (Fsp3) is 0.375. The first kappa shape index (κ1) is 16.7. The zero-order valence-electron chi connectivity index (χ0n) is 12.8. The van der Waals surface area contributed by atoms with Crippen LogP contribution in [0.1, 0.15) is 24.6 Å². The molecular formula is C16H20BrN3O2. The van der Waals surface area contributed by atoms with Crippen LogP contribution in [0.2, 0.25) is 0 Å². The van der Waals surface area contributed by atoms with Crippen molar-refractivity contribution < 1.29 is 9.90 Å². The predicted molar refractivity (Wildman–Crippen MR) is 89.2 cm³/mol. The molecule has 0 saturated heterocycles. The van der Waals surface area contributed by atoms with Gasteiger partial charge in [-0.2, -0.15) is 5.10 Å². The maximum Gasteiger partial charge on any atom is 0.317 e. The van der Waals surface area contributed by atoms with Crippen molar-refractivity contribution in [2.75, 3.05) is 13.1 Å². The molecule has 6 heteroatoms. The zero-order valence-corrected chi connectivity index (χ0v) is 14.4. The number of benzene rings is 1. The molecule has 1 N–H and O–H groups in total. The third-order valence-electron chi connectivity index (χ3n) is 3.38. The third-order valence-corrected chi connectivity index (χ3v) is 3.91. The molecule has 1 aromatic heterocycles. The number of halogens is 1. The van der Waals surface area contributed by atoms with E-state index < -0.39 is 5.97 Å². The standard InChI is InChI=1S/C16H20BrN3O2/c1-3-8-19(11-16(21)22)9-13-10-20(18-12(13)2)15-6-4-14(17)5-7-15/h4-7,10H,3,8-9,11H2,1-2H3,(H,21,22). The van der Waals surface area contributed by atoms with Crippen LogP contribution in [0.25, 0.3) is 5.69 Å². The monoisotopic (exact) mass is 365 g/mol. The van der Waals surface area contributed by atoms with Crippen molar-refractivity contribution >= 4 is 21.9 Å². The molecule has 0 amide bonds. The van der Waals surface area contributed by atoms with E-state index in [1.807, 2.05) is 53.9 Å². The molecule has 1 heterocycles. The lowest BCUT2D eigenvalue weighted by Crippen LogP contribution is -2.30. The van der Waals surface area contributed by atoms with E-state index in [-0.39, 0.29) is 6.54 Å². The van der Waals surface area contributed by atoms with Gasteiger partial charge in [-0.1, -0.05) is 22.9 Å². The summed E-state index contributed by atoms with van der Waals surface area (Å²) in [5.41, 5.74) is 2.96. The van der Waals surface area contributed by atoms with Gasteiger partial charge in [-0.15, -0.1) is 0 Å². The molecule has 0 unspecified atom stereocenters. The van der Waals surface area contributed by atoms with Gasteiger partial charge in [-0.3, -0.25) is 9.69 Å². The molecule has 0 fully saturated rings. The molecule has 22 heavy (non-hydrogen) atoms. The summed E-state index contributed by atoms with van der Waals surface area (Å²) in [6.45, 7) is 5.41. The number of rotatable bonds is 7. The lowest BCUT2D eigenvalue weighted by atomic mass is 10.2. The highest BCUT2D eigenvalue weighted by Crippen LogP contribution is 2.17. The summed E-state index contributed by atoms with van der Waals surface area (Å²) in [6, 6.07) is 7.92. The number of hydrogen-bond acceptors (Lipinski definition) is 3. The van der Waals surface area contributed by atoms with Crippen LogP contribution in [-0.4, -0.2) is 38.8 Å². The van der Waals surface area contributed by atoms with Crippen LogP contribution in [0.15, 0.2) is 34.9 Å². The smallest absolute Gasteiger partial charge is 0.317 e. The summed E-state index contributed by atoms with van der Waals surface area (Å²) in [6.07, 6.45) is 2.90. The van der Waals surface area contributed by atoms with Gasteiger partial charge in [0.25, 0.3) is 0 Å². The van der Waals surface area contributed by atoms with Gasteiger partial charge in [0.1, 0.15) is 0 Å². The second-order valence-corrected chi connectivity index (χ2v) is 6.18. The fourth-order valence-corrected chi connectivity index (χ4v) is 2.60. The van der Waals surface area contributed by atoms with E-state index in [2.05, 4.69) is 21.0 Å². The van der Waals surface area contributed by atoms with E-state index in [1.54, 1.807) is 0 Å².